The minimum absolute atomic E-state index is 0.0407. The molecule has 2 aromatic carbocycles. The molecular formula is C18H9Cl3F3NO2. The molecule has 27 heavy (non-hydrogen) atoms. The van der Waals surface area contributed by atoms with Crippen LogP contribution in [0.15, 0.2) is 52.9 Å². The van der Waals surface area contributed by atoms with E-state index in [9.17, 15) is 18.0 Å². The summed E-state index contributed by atoms with van der Waals surface area (Å²) in [7, 11) is 0. The predicted octanol–water partition coefficient (Wildman–Crippen LogP) is 7.18. The highest BCUT2D eigenvalue weighted by Gasteiger charge is 2.31. The molecule has 0 fully saturated rings. The Labute approximate surface area is 166 Å². The van der Waals surface area contributed by atoms with Gasteiger partial charge in [0.05, 0.1) is 21.3 Å². The summed E-state index contributed by atoms with van der Waals surface area (Å²) in [5.74, 6) is -0.613. The molecule has 0 radical (unpaired) electrons. The third-order valence-corrected chi connectivity index (χ3v) is 4.46. The van der Waals surface area contributed by atoms with Gasteiger partial charge < -0.3 is 9.73 Å². The van der Waals surface area contributed by atoms with Crippen LogP contribution in [-0.2, 0) is 6.18 Å². The monoisotopic (exact) mass is 433 g/mol. The zero-order valence-corrected chi connectivity index (χ0v) is 15.5. The van der Waals surface area contributed by atoms with Crippen LogP contribution >= 0.6 is 34.8 Å². The molecule has 0 aliphatic rings. The van der Waals surface area contributed by atoms with Crippen LogP contribution in [0.1, 0.15) is 16.1 Å². The van der Waals surface area contributed by atoms with Crippen molar-refractivity contribution < 1.29 is 22.4 Å². The standard InChI is InChI=1S/C18H9Cl3F3NO2/c19-10-2-4-12(20)11(8-10)15-5-6-16(27-15)17(26)25-14-7-9(18(22,23)24)1-3-13(14)21/h1-8H,(H,25,26). The second-order valence-corrected chi connectivity index (χ2v) is 6.69. The van der Waals surface area contributed by atoms with E-state index in [1.54, 1.807) is 18.2 Å². The molecule has 1 aromatic heterocycles. The van der Waals surface area contributed by atoms with Crippen molar-refractivity contribution in [2.24, 2.45) is 0 Å². The van der Waals surface area contributed by atoms with Crippen LogP contribution < -0.4 is 5.32 Å². The van der Waals surface area contributed by atoms with Crippen molar-refractivity contribution in [2.75, 3.05) is 5.32 Å². The number of alkyl halides is 3. The fraction of sp³-hybridized carbons (Fsp3) is 0.0556. The molecule has 1 heterocycles. The number of amides is 1. The first kappa shape index (κ1) is 19.6. The number of hydrogen-bond donors (Lipinski definition) is 1. The molecule has 9 heteroatoms. The van der Waals surface area contributed by atoms with Crippen LogP contribution in [0.5, 0.6) is 0 Å². The van der Waals surface area contributed by atoms with Crippen molar-refractivity contribution in [3.05, 3.63) is 74.9 Å². The zero-order chi connectivity index (χ0) is 19.8. The molecule has 0 atom stereocenters. The van der Waals surface area contributed by atoms with E-state index in [0.717, 1.165) is 18.2 Å². The molecule has 0 unspecified atom stereocenters. The molecule has 3 rings (SSSR count). The number of carbonyl (C=O) groups is 1. The van der Waals surface area contributed by atoms with Crippen LogP contribution in [0.4, 0.5) is 18.9 Å². The van der Waals surface area contributed by atoms with Crippen molar-refractivity contribution in [3.63, 3.8) is 0 Å². The average molecular weight is 435 g/mol. The Morgan fingerprint density at radius 2 is 1.63 bits per heavy atom. The van der Waals surface area contributed by atoms with Gasteiger partial charge in [-0.25, -0.2) is 0 Å². The maximum atomic E-state index is 12.8. The Morgan fingerprint density at radius 3 is 2.33 bits per heavy atom. The number of anilines is 1. The Morgan fingerprint density at radius 1 is 0.926 bits per heavy atom. The van der Waals surface area contributed by atoms with Gasteiger partial charge in [-0.05, 0) is 48.5 Å². The summed E-state index contributed by atoms with van der Waals surface area (Å²) < 4.78 is 43.9. The smallest absolute Gasteiger partial charge is 0.416 e. The average Bonchev–Trinajstić information content (AvgIpc) is 3.08. The van der Waals surface area contributed by atoms with Crippen molar-refractivity contribution in [2.45, 2.75) is 6.18 Å². The quantitative estimate of drug-likeness (QED) is 0.474. The van der Waals surface area contributed by atoms with E-state index in [1.807, 2.05) is 0 Å². The van der Waals surface area contributed by atoms with Gasteiger partial charge in [-0.15, -0.1) is 0 Å². The maximum absolute atomic E-state index is 12.8. The number of furan rings is 1. The van der Waals surface area contributed by atoms with Crippen LogP contribution in [0.2, 0.25) is 15.1 Å². The number of hydrogen-bond acceptors (Lipinski definition) is 2. The minimum Gasteiger partial charge on any atom is -0.451 e. The Hall–Kier alpha value is -2.15. The van der Waals surface area contributed by atoms with Crippen molar-refractivity contribution >= 4 is 46.4 Å². The molecule has 0 bridgehead atoms. The van der Waals surface area contributed by atoms with Crippen LogP contribution in [0.25, 0.3) is 11.3 Å². The first-order valence-corrected chi connectivity index (χ1v) is 8.52. The summed E-state index contributed by atoms with van der Waals surface area (Å²) in [6, 6.07) is 10.2. The number of halogens is 6. The molecule has 0 spiro atoms. The fourth-order valence-corrected chi connectivity index (χ4v) is 2.82. The first-order chi connectivity index (χ1) is 12.6. The number of nitrogens with one attached hydrogen (secondary N) is 1. The van der Waals surface area contributed by atoms with Crippen LogP contribution in [-0.4, -0.2) is 5.91 Å². The third kappa shape index (κ3) is 4.40. The van der Waals surface area contributed by atoms with Gasteiger partial charge in [0, 0.05) is 10.6 Å². The van der Waals surface area contributed by atoms with Crippen LogP contribution in [0.3, 0.4) is 0 Å². The zero-order valence-electron chi connectivity index (χ0n) is 13.2. The van der Waals surface area contributed by atoms with Gasteiger partial charge in [0.15, 0.2) is 5.76 Å². The van der Waals surface area contributed by atoms with Gasteiger partial charge in [0.25, 0.3) is 5.91 Å². The van der Waals surface area contributed by atoms with Gasteiger partial charge in [-0.3, -0.25) is 4.79 Å². The van der Waals surface area contributed by atoms with E-state index in [0.29, 0.717) is 15.6 Å². The Bertz CT molecular complexity index is 1020. The van der Waals surface area contributed by atoms with Gasteiger partial charge >= 0.3 is 6.18 Å². The second kappa shape index (κ2) is 7.46. The summed E-state index contributed by atoms with van der Waals surface area (Å²) in [4.78, 5) is 12.3. The SMILES string of the molecule is O=C(Nc1cc(C(F)(F)F)ccc1Cl)c1ccc(-c2cc(Cl)ccc2Cl)o1. The molecule has 1 amide bonds. The Kier molecular flexibility index (Phi) is 5.42. The molecule has 0 aliphatic heterocycles. The highest BCUT2D eigenvalue weighted by atomic mass is 35.5. The normalized spacial score (nSPS) is 11.5. The van der Waals surface area contributed by atoms with E-state index in [4.69, 9.17) is 39.2 Å². The predicted molar refractivity (Wildman–Crippen MR) is 98.6 cm³/mol. The van der Waals surface area contributed by atoms with E-state index < -0.39 is 17.6 Å². The summed E-state index contributed by atoms with van der Waals surface area (Å²) in [5.41, 5.74) is -0.649. The lowest BCUT2D eigenvalue weighted by atomic mass is 10.2. The van der Waals surface area contributed by atoms with Crippen molar-refractivity contribution in [3.8, 4) is 11.3 Å². The van der Waals surface area contributed by atoms with E-state index in [-0.39, 0.29) is 22.2 Å². The highest BCUT2D eigenvalue weighted by molar-refractivity contribution is 6.35. The molecule has 0 saturated carbocycles. The summed E-state index contributed by atoms with van der Waals surface area (Å²) in [6.45, 7) is 0. The van der Waals surface area contributed by atoms with Gasteiger partial charge in [0.2, 0.25) is 0 Å². The molecule has 3 aromatic rings. The lowest BCUT2D eigenvalue weighted by molar-refractivity contribution is -0.137. The lowest BCUT2D eigenvalue weighted by Gasteiger charge is -2.11. The van der Waals surface area contributed by atoms with Gasteiger partial charge in [-0.1, -0.05) is 34.8 Å². The largest absolute Gasteiger partial charge is 0.451 e. The third-order valence-electron chi connectivity index (χ3n) is 3.57. The highest BCUT2D eigenvalue weighted by Crippen LogP contribution is 2.35. The lowest BCUT2D eigenvalue weighted by Crippen LogP contribution is -2.13. The van der Waals surface area contributed by atoms with Crippen molar-refractivity contribution in [1.29, 1.82) is 0 Å². The number of benzene rings is 2. The number of rotatable bonds is 3. The molecule has 0 saturated heterocycles. The summed E-state index contributed by atoms with van der Waals surface area (Å²) in [6.07, 6.45) is -4.56. The minimum atomic E-state index is -4.56. The Balaban J connectivity index is 1.86. The van der Waals surface area contributed by atoms with Crippen molar-refractivity contribution in [1.82, 2.24) is 0 Å². The molecule has 3 nitrogen and oxygen atoms in total. The molecule has 0 aliphatic carbocycles. The summed E-state index contributed by atoms with van der Waals surface area (Å²) in [5, 5.41) is 3.05. The van der Waals surface area contributed by atoms with Crippen LogP contribution in [0, 0.1) is 0 Å². The second-order valence-electron chi connectivity index (χ2n) is 5.43. The molecule has 1 N–H and O–H groups in total. The maximum Gasteiger partial charge on any atom is 0.416 e. The first-order valence-electron chi connectivity index (χ1n) is 7.38. The van der Waals surface area contributed by atoms with E-state index in [2.05, 4.69) is 5.32 Å². The molecule has 140 valence electrons. The number of carbonyl (C=O) groups excluding carboxylic acids is 1. The van der Waals surface area contributed by atoms with E-state index in [1.165, 1.54) is 12.1 Å². The van der Waals surface area contributed by atoms with E-state index >= 15 is 0 Å². The van der Waals surface area contributed by atoms with Gasteiger partial charge in [-0.2, -0.15) is 13.2 Å². The van der Waals surface area contributed by atoms with Gasteiger partial charge in [0.1, 0.15) is 5.76 Å². The summed E-state index contributed by atoms with van der Waals surface area (Å²) >= 11 is 17.9. The molecular weight excluding hydrogens is 426 g/mol. The fourth-order valence-electron chi connectivity index (χ4n) is 2.27. The topological polar surface area (TPSA) is 42.2 Å².